The molecule has 0 radical (unpaired) electrons. The normalized spacial score (nSPS) is 52.8. The van der Waals surface area contributed by atoms with E-state index in [2.05, 4.69) is 26.8 Å². The van der Waals surface area contributed by atoms with Crippen molar-refractivity contribution in [3.63, 3.8) is 0 Å². The molecule has 7 heterocycles. The van der Waals surface area contributed by atoms with E-state index >= 15 is 0 Å². The largest absolute Gasteiger partial charge is 0.494 e. The van der Waals surface area contributed by atoms with E-state index in [1.54, 1.807) is 0 Å². The van der Waals surface area contributed by atoms with E-state index in [0.29, 0.717) is 25.2 Å². The monoisotopic (exact) mass is 1370 g/mol. The maximum absolute atomic E-state index is 12.1. The Morgan fingerprint density at radius 1 is 0.516 bits per heavy atom. The van der Waals surface area contributed by atoms with E-state index in [1.807, 2.05) is 6.92 Å². The summed E-state index contributed by atoms with van der Waals surface area (Å²) < 4.78 is 77.7. The first kappa shape index (κ1) is 74.2. The smallest absolute Gasteiger partial charge is 0.187 e. The zero-order valence-corrected chi connectivity index (χ0v) is 53.3. The fourth-order valence-corrected chi connectivity index (χ4v) is 17.3. The molecule has 0 bridgehead atoms. The average Bonchev–Trinajstić information content (AvgIpc) is 1.53. The van der Waals surface area contributed by atoms with Crippen molar-refractivity contribution in [3.05, 3.63) is 23.0 Å². The summed E-state index contributed by atoms with van der Waals surface area (Å²) in [5.74, 6) is 1.99. The second-order valence-corrected chi connectivity index (χ2v) is 28.6. The van der Waals surface area contributed by atoms with Gasteiger partial charge in [-0.25, -0.2) is 0 Å². The predicted octanol–water partition coefficient (Wildman–Crippen LogP) is -7.83. The van der Waals surface area contributed by atoms with Crippen LogP contribution in [0.15, 0.2) is 23.0 Å². The van der Waals surface area contributed by atoms with Crippen LogP contribution in [-0.2, 0) is 61.6 Å². The van der Waals surface area contributed by atoms with E-state index in [0.717, 1.165) is 37.0 Å². The van der Waals surface area contributed by atoms with Crippen LogP contribution in [0.5, 0.6) is 0 Å². The summed E-state index contributed by atoms with van der Waals surface area (Å²) >= 11 is 0. The quantitative estimate of drug-likeness (QED) is 0.0475. The number of aliphatic hydroxyl groups is 20. The number of ether oxygens (including phenoxy) is 13. The molecular weight excluding hydrogens is 1270 g/mol. The van der Waals surface area contributed by atoms with Crippen molar-refractivity contribution in [2.45, 2.75) is 276 Å². The van der Waals surface area contributed by atoms with Crippen LogP contribution < -0.4 is 0 Å². The van der Waals surface area contributed by atoms with Crippen molar-refractivity contribution in [3.8, 4) is 0 Å². The first-order chi connectivity index (χ1) is 45.1. The van der Waals surface area contributed by atoms with Crippen LogP contribution in [-0.4, -0.2) is 345 Å². The molecule has 11 rings (SSSR count). The molecule has 11 aliphatic rings. The van der Waals surface area contributed by atoms with Crippen molar-refractivity contribution in [2.24, 2.45) is 40.4 Å². The molecule has 0 unspecified atom stereocenters. The van der Waals surface area contributed by atoms with Gasteiger partial charge in [0.25, 0.3) is 0 Å². The lowest BCUT2D eigenvalue weighted by Crippen LogP contribution is -2.69. The Labute approximate surface area is 547 Å². The standard InChI is InChI=1S/C62H100O33/c1-21(19-83-55-47(79)43(75)39(71)32(14-63)87-55)5-8-29-22(2)37-31(85-29)12-26-24-7-6-23-11-30(27(68)13-62(23,4)25(24)9-10-61(26,37)3)86-57-49(81)45(77)51(36(18-67)91-57)92-60-54(53(42(74)35(17-66)90-60)94-56-46(78)38(70)28(69)20-84-56)95-59-50(82)52(41(73)34(16-65)89-59)93-58-48(80)44(76)40(72)33(15-64)88-58/h6,21,24-28,30-60,63-82H,5,7-20H2,1-4H3/t21-,24-,25+,26+,27-,28-,30-,31+,32-,33-,34-,35-,36-,37+,38+,39-,40-,41-,42-,43+,44+,45-,46-,47-,48-,49-,50-,51+,52+,53+,54-,55-,56+,57-,58+,59+,60+,61+,62+/m1/s1. The molecule has 7 aliphatic heterocycles. The maximum atomic E-state index is 12.1. The molecule has 4 aliphatic carbocycles. The Morgan fingerprint density at radius 3 is 1.67 bits per heavy atom. The van der Waals surface area contributed by atoms with Gasteiger partial charge in [0.2, 0.25) is 0 Å². The van der Waals surface area contributed by atoms with Crippen LogP contribution in [0.25, 0.3) is 0 Å². The summed E-state index contributed by atoms with van der Waals surface area (Å²) in [5.41, 5.74) is 1.80. The minimum absolute atomic E-state index is 0.00390. The molecule has 95 heavy (non-hydrogen) atoms. The summed E-state index contributed by atoms with van der Waals surface area (Å²) in [6.45, 7) is 3.93. The van der Waals surface area contributed by atoms with Gasteiger partial charge in [0.15, 0.2) is 37.7 Å². The molecular formula is C62H100O33. The van der Waals surface area contributed by atoms with E-state index in [4.69, 9.17) is 61.6 Å². The summed E-state index contributed by atoms with van der Waals surface area (Å²) in [6.07, 6.45) is -47.1. The van der Waals surface area contributed by atoms with E-state index in [-0.39, 0.29) is 48.2 Å². The van der Waals surface area contributed by atoms with Gasteiger partial charge in [-0.1, -0.05) is 32.4 Å². The zero-order valence-electron chi connectivity index (χ0n) is 53.3. The third-order valence-corrected chi connectivity index (χ3v) is 22.8. The Bertz CT molecular complexity index is 2590. The average molecular weight is 1370 g/mol. The Hall–Kier alpha value is -2.00. The van der Waals surface area contributed by atoms with Crippen LogP contribution in [0.3, 0.4) is 0 Å². The SMILES string of the molecule is CC1=C(CC[C@@H](C)CO[C@@H]2O[C@H](CO)[C@@H](O)[C@H](O)[C@H]2O)O[C@H]2C[C@H]3[C@@H]4CC=C5C[C@@H](O[C@@H]6O[C@H](CO)[C@H](O[C@@H]7O[C@H](CO)[C@@H](O)[C@H](O[C@@H]8OC[C@@H](O)[C@H](O)[C@H]8O)[C@H]7O[C@@H]7O[C@H](CO)[C@@H](O)[C@H](O[C@@H]8O[C@H](CO)[C@@H](O)[C@H](O)[C@H]8O)[C@H]7O)[C@H](O)[C@H]6O)[C@H](O)C[C@]5(C)[C@H]4CC[C@]3(C)[C@@H]12. The third kappa shape index (κ3) is 14.0. The predicted molar refractivity (Wildman–Crippen MR) is 311 cm³/mol. The molecule has 546 valence electrons. The molecule has 39 atom stereocenters. The molecule has 33 heteroatoms. The first-order valence-corrected chi connectivity index (χ1v) is 33.2. The Balaban J connectivity index is 0.757. The van der Waals surface area contributed by atoms with Gasteiger partial charge in [-0.3, -0.25) is 0 Å². The van der Waals surface area contributed by atoms with Crippen LogP contribution in [0.1, 0.15) is 79.1 Å². The highest BCUT2D eigenvalue weighted by molar-refractivity contribution is 5.31. The van der Waals surface area contributed by atoms with E-state index < -0.39 is 235 Å². The van der Waals surface area contributed by atoms with Crippen molar-refractivity contribution in [1.29, 1.82) is 0 Å². The van der Waals surface area contributed by atoms with Crippen molar-refractivity contribution >= 4 is 0 Å². The molecule has 0 spiro atoms. The van der Waals surface area contributed by atoms with Gasteiger partial charge in [-0.15, -0.1) is 0 Å². The van der Waals surface area contributed by atoms with Crippen LogP contribution in [0.2, 0.25) is 0 Å². The molecule has 20 N–H and O–H groups in total. The van der Waals surface area contributed by atoms with Crippen LogP contribution in [0.4, 0.5) is 0 Å². The molecule has 0 aromatic rings. The molecule has 9 fully saturated rings. The molecule has 0 aromatic carbocycles. The fraction of sp³-hybridized carbons (Fsp3) is 0.935. The molecule has 3 saturated carbocycles. The number of hydrogen-bond donors (Lipinski definition) is 20. The van der Waals surface area contributed by atoms with Gasteiger partial charge >= 0.3 is 0 Å². The lowest BCUT2D eigenvalue weighted by molar-refractivity contribution is -0.409. The lowest BCUT2D eigenvalue weighted by Gasteiger charge is -2.58. The Morgan fingerprint density at radius 2 is 1.03 bits per heavy atom. The molecule has 0 aromatic heterocycles. The van der Waals surface area contributed by atoms with Gasteiger partial charge in [-0.05, 0) is 91.9 Å². The van der Waals surface area contributed by atoms with E-state index in [9.17, 15) is 102 Å². The van der Waals surface area contributed by atoms with Crippen molar-refractivity contribution < 1.29 is 164 Å². The number of hydrogen-bond acceptors (Lipinski definition) is 33. The van der Waals surface area contributed by atoms with Crippen molar-refractivity contribution in [2.75, 3.05) is 46.2 Å². The van der Waals surface area contributed by atoms with Crippen LogP contribution in [0, 0.1) is 40.4 Å². The third-order valence-electron chi connectivity index (χ3n) is 22.8. The number of fused-ring (bicyclic) bond motifs is 7. The van der Waals surface area contributed by atoms with Gasteiger partial charge < -0.3 is 164 Å². The lowest BCUT2D eigenvalue weighted by atomic mass is 9.47. The number of allylic oxidation sites excluding steroid dienone is 2. The topological polar surface area (TPSA) is 525 Å². The second-order valence-electron chi connectivity index (χ2n) is 28.6. The van der Waals surface area contributed by atoms with Gasteiger partial charge in [-0.2, -0.15) is 0 Å². The van der Waals surface area contributed by atoms with Crippen LogP contribution >= 0.6 is 0 Å². The van der Waals surface area contributed by atoms with Crippen molar-refractivity contribution in [1.82, 2.24) is 0 Å². The minimum Gasteiger partial charge on any atom is -0.494 e. The molecule has 33 nitrogen and oxygen atoms in total. The summed E-state index contributed by atoms with van der Waals surface area (Å²) in [7, 11) is 0. The maximum Gasteiger partial charge on any atom is 0.187 e. The summed E-state index contributed by atoms with van der Waals surface area (Å²) in [6, 6.07) is 0. The first-order valence-electron chi connectivity index (χ1n) is 33.2. The number of aliphatic hydroxyl groups excluding tert-OH is 20. The Kier molecular flexibility index (Phi) is 23.5. The highest BCUT2D eigenvalue weighted by Gasteiger charge is 2.65. The molecule has 0 amide bonds. The number of rotatable bonds is 21. The summed E-state index contributed by atoms with van der Waals surface area (Å²) in [4.78, 5) is 0. The van der Waals surface area contributed by atoms with Gasteiger partial charge in [0.05, 0.1) is 64.2 Å². The van der Waals surface area contributed by atoms with Gasteiger partial charge in [0.1, 0.15) is 146 Å². The fourth-order valence-electron chi connectivity index (χ4n) is 17.3. The highest BCUT2D eigenvalue weighted by Crippen LogP contribution is 2.69. The summed E-state index contributed by atoms with van der Waals surface area (Å²) in [5, 5.41) is 217. The molecule has 6 saturated heterocycles. The highest BCUT2D eigenvalue weighted by atomic mass is 16.8. The minimum atomic E-state index is -2.23. The second kappa shape index (κ2) is 30.1. The zero-order chi connectivity index (χ0) is 68.6. The van der Waals surface area contributed by atoms with E-state index in [1.165, 1.54) is 5.57 Å². The van der Waals surface area contributed by atoms with Gasteiger partial charge in [0, 0.05) is 12.3 Å².